The van der Waals surface area contributed by atoms with E-state index in [4.69, 9.17) is 4.74 Å². The van der Waals surface area contributed by atoms with Gasteiger partial charge in [-0.3, -0.25) is 20.2 Å². The number of ether oxygens (including phenoxy) is 1. The lowest BCUT2D eigenvalue weighted by atomic mass is 10.2. The maximum Gasteiger partial charge on any atom is 0.387 e. The summed E-state index contributed by atoms with van der Waals surface area (Å²) < 4.78 is 5.25. The topological polar surface area (TPSA) is 95.5 Å². The Balaban J connectivity index is 2.93. The summed E-state index contributed by atoms with van der Waals surface area (Å²) >= 11 is 0. The Morgan fingerprint density at radius 1 is 1.17 bits per heavy atom. The SMILES string of the molecule is CCCCCOc1cccc([N+](=O)[O-])c1[N+](=O)[O-]. The van der Waals surface area contributed by atoms with Gasteiger partial charge in [0.15, 0.2) is 0 Å². The fourth-order valence-electron chi connectivity index (χ4n) is 1.49. The Morgan fingerprint density at radius 2 is 1.89 bits per heavy atom. The molecule has 0 saturated heterocycles. The van der Waals surface area contributed by atoms with E-state index in [1.54, 1.807) is 0 Å². The van der Waals surface area contributed by atoms with Crippen molar-refractivity contribution in [1.82, 2.24) is 0 Å². The second kappa shape index (κ2) is 6.53. The molecule has 7 nitrogen and oxygen atoms in total. The third-order valence-corrected chi connectivity index (χ3v) is 2.36. The van der Waals surface area contributed by atoms with E-state index < -0.39 is 21.2 Å². The van der Waals surface area contributed by atoms with Gasteiger partial charge in [-0.2, -0.15) is 0 Å². The van der Waals surface area contributed by atoms with Gasteiger partial charge < -0.3 is 4.74 Å². The summed E-state index contributed by atoms with van der Waals surface area (Å²) in [6.45, 7) is 2.34. The fourth-order valence-corrected chi connectivity index (χ4v) is 1.49. The molecule has 0 unspecified atom stereocenters. The van der Waals surface area contributed by atoms with Crippen LogP contribution in [0.2, 0.25) is 0 Å². The van der Waals surface area contributed by atoms with Crippen molar-refractivity contribution >= 4 is 11.4 Å². The average Bonchev–Trinajstić information content (AvgIpc) is 2.33. The highest BCUT2D eigenvalue weighted by Crippen LogP contribution is 2.36. The van der Waals surface area contributed by atoms with Crippen LogP contribution in [0.15, 0.2) is 18.2 Å². The first-order valence-electron chi connectivity index (χ1n) is 5.62. The normalized spacial score (nSPS) is 10.1. The van der Waals surface area contributed by atoms with Crippen LogP contribution >= 0.6 is 0 Å². The number of unbranched alkanes of at least 4 members (excludes halogenated alkanes) is 2. The number of para-hydroxylation sites is 1. The molecule has 0 radical (unpaired) electrons. The molecule has 0 N–H and O–H groups in total. The molecule has 0 bridgehead atoms. The van der Waals surface area contributed by atoms with E-state index in [0.717, 1.165) is 25.3 Å². The largest absolute Gasteiger partial charge is 0.487 e. The summed E-state index contributed by atoms with van der Waals surface area (Å²) in [6, 6.07) is 3.84. The van der Waals surface area contributed by atoms with Crippen LogP contribution in [0.1, 0.15) is 26.2 Å². The molecule has 0 spiro atoms. The molecule has 18 heavy (non-hydrogen) atoms. The molecule has 0 amide bonds. The van der Waals surface area contributed by atoms with Crippen molar-refractivity contribution in [1.29, 1.82) is 0 Å². The molecule has 98 valence electrons. The number of rotatable bonds is 7. The van der Waals surface area contributed by atoms with Crippen LogP contribution in [0.4, 0.5) is 11.4 Å². The van der Waals surface area contributed by atoms with Gasteiger partial charge in [0, 0.05) is 6.07 Å². The van der Waals surface area contributed by atoms with Crippen LogP contribution in [0.5, 0.6) is 5.75 Å². The molecule has 0 aliphatic rings. The zero-order valence-corrected chi connectivity index (χ0v) is 10.00. The zero-order chi connectivity index (χ0) is 13.5. The average molecular weight is 254 g/mol. The smallest absolute Gasteiger partial charge is 0.387 e. The van der Waals surface area contributed by atoms with Crippen LogP contribution in [0.3, 0.4) is 0 Å². The Labute approximate surface area is 104 Å². The van der Waals surface area contributed by atoms with Crippen molar-refractivity contribution in [2.45, 2.75) is 26.2 Å². The quantitative estimate of drug-likeness (QED) is 0.423. The minimum Gasteiger partial charge on any atom is -0.487 e. The summed E-state index contributed by atoms with van der Waals surface area (Å²) in [7, 11) is 0. The molecule has 0 heterocycles. The van der Waals surface area contributed by atoms with Crippen LogP contribution in [-0.4, -0.2) is 16.5 Å². The maximum atomic E-state index is 10.9. The summed E-state index contributed by atoms with van der Waals surface area (Å²) in [4.78, 5) is 20.0. The monoisotopic (exact) mass is 254 g/mol. The molecular weight excluding hydrogens is 240 g/mol. The van der Waals surface area contributed by atoms with Gasteiger partial charge in [-0.05, 0) is 12.5 Å². The van der Waals surface area contributed by atoms with Crippen LogP contribution < -0.4 is 4.74 Å². The lowest BCUT2D eigenvalue weighted by molar-refractivity contribution is -0.423. The number of nitrogens with zero attached hydrogens (tertiary/aromatic N) is 2. The van der Waals surface area contributed by atoms with Gasteiger partial charge in [0.1, 0.15) is 0 Å². The molecule has 0 aliphatic heterocycles. The van der Waals surface area contributed by atoms with Crippen molar-refractivity contribution in [3.8, 4) is 5.75 Å². The van der Waals surface area contributed by atoms with Gasteiger partial charge in [-0.25, -0.2) is 0 Å². The van der Waals surface area contributed by atoms with Crippen LogP contribution in [-0.2, 0) is 0 Å². The van der Waals surface area contributed by atoms with Crippen molar-refractivity contribution in [3.05, 3.63) is 38.4 Å². The van der Waals surface area contributed by atoms with E-state index in [9.17, 15) is 20.2 Å². The maximum absolute atomic E-state index is 10.9. The first kappa shape index (κ1) is 13.9. The lowest BCUT2D eigenvalue weighted by Crippen LogP contribution is -2.03. The molecular formula is C11H14N2O5. The minimum absolute atomic E-state index is 0.0506. The van der Waals surface area contributed by atoms with E-state index in [2.05, 4.69) is 0 Å². The number of nitro benzene ring substituents is 2. The third-order valence-electron chi connectivity index (χ3n) is 2.36. The van der Waals surface area contributed by atoms with Gasteiger partial charge in [0.05, 0.1) is 16.5 Å². The number of nitro groups is 2. The lowest BCUT2D eigenvalue weighted by Gasteiger charge is -2.06. The first-order valence-corrected chi connectivity index (χ1v) is 5.62. The van der Waals surface area contributed by atoms with E-state index >= 15 is 0 Å². The predicted molar refractivity (Wildman–Crippen MR) is 64.8 cm³/mol. The van der Waals surface area contributed by atoms with E-state index in [-0.39, 0.29) is 5.75 Å². The third kappa shape index (κ3) is 3.41. The summed E-state index contributed by atoms with van der Waals surface area (Å²) in [5.41, 5.74) is -1.13. The molecule has 1 rings (SSSR count). The highest BCUT2D eigenvalue weighted by Gasteiger charge is 2.29. The molecule has 7 heteroatoms. The minimum atomic E-state index is -0.784. The molecule has 0 aromatic heterocycles. The van der Waals surface area contributed by atoms with Crippen LogP contribution in [0.25, 0.3) is 0 Å². The Hall–Kier alpha value is -2.18. The van der Waals surface area contributed by atoms with Gasteiger partial charge in [0.25, 0.3) is 0 Å². The Bertz CT molecular complexity index is 447. The van der Waals surface area contributed by atoms with Crippen molar-refractivity contribution in [2.24, 2.45) is 0 Å². The first-order chi connectivity index (χ1) is 8.57. The van der Waals surface area contributed by atoms with Gasteiger partial charge >= 0.3 is 11.4 Å². The molecule has 0 atom stereocenters. The van der Waals surface area contributed by atoms with E-state index in [1.165, 1.54) is 12.1 Å². The highest BCUT2D eigenvalue weighted by atomic mass is 16.6. The molecule has 0 fully saturated rings. The zero-order valence-electron chi connectivity index (χ0n) is 10.00. The second-order valence-electron chi connectivity index (χ2n) is 3.69. The number of hydrogen-bond acceptors (Lipinski definition) is 5. The molecule has 0 saturated carbocycles. The second-order valence-corrected chi connectivity index (χ2v) is 3.69. The predicted octanol–water partition coefficient (Wildman–Crippen LogP) is 3.07. The molecule has 1 aromatic carbocycles. The number of benzene rings is 1. The number of hydrogen-bond donors (Lipinski definition) is 0. The fraction of sp³-hybridized carbons (Fsp3) is 0.455. The van der Waals surface area contributed by atoms with Crippen molar-refractivity contribution in [3.63, 3.8) is 0 Å². The van der Waals surface area contributed by atoms with Crippen LogP contribution in [0, 0.1) is 20.2 Å². The molecule has 1 aromatic rings. The van der Waals surface area contributed by atoms with Gasteiger partial charge in [-0.15, -0.1) is 0 Å². The Kier molecular flexibility index (Phi) is 5.04. The summed E-state index contributed by atoms with van der Waals surface area (Å²) in [5.74, 6) is -0.0506. The van der Waals surface area contributed by atoms with Crippen molar-refractivity contribution < 1.29 is 14.6 Å². The van der Waals surface area contributed by atoms with Crippen molar-refractivity contribution in [2.75, 3.05) is 6.61 Å². The summed E-state index contributed by atoms with van der Waals surface area (Å²) in [5, 5.41) is 21.6. The Morgan fingerprint density at radius 3 is 2.44 bits per heavy atom. The van der Waals surface area contributed by atoms with Gasteiger partial charge in [0.2, 0.25) is 5.75 Å². The highest BCUT2D eigenvalue weighted by molar-refractivity contribution is 5.61. The molecule has 0 aliphatic carbocycles. The van der Waals surface area contributed by atoms with E-state index in [1.807, 2.05) is 6.92 Å². The standard InChI is InChI=1S/C11H14N2O5/c1-2-3-4-8-18-10-7-5-6-9(12(14)15)11(10)13(16)17/h5-7H,2-4,8H2,1H3. The van der Waals surface area contributed by atoms with Gasteiger partial charge in [-0.1, -0.05) is 25.8 Å². The summed E-state index contributed by atoms with van der Waals surface area (Å²) in [6.07, 6.45) is 2.71. The van der Waals surface area contributed by atoms with E-state index in [0.29, 0.717) is 6.61 Å².